The number of aliphatic hydroxyl groups excluding tert-OH is 1. The van der Waals surface area contributed by atoms with E-state index < -0.39 is 0 Å². The lowest BCUT2D eigenvalue weighted by Crippen LogP contribution is -1.94. The summed E-state index contributed by atoms with van der Waals surface area (Å²) in [6.07, 6.45) is 5.15. The SMILES string of the molecule is OCc1c(-c2ccncc2)nc2ccc(Cl)cn12. The molecule has 0 saturated heterocycles. The van der Waals surface area contributed by atoms with Crippen molar-refractivity contribution in [3.63, 3.8) is 0 Å². The summed E-state index contributed by atoms with van der Waals surface area (Å²) < 4.78 is 1.80. The van der Waals surface area contributed by atoms with E-state index in [1.54, 1.807) is 29.1 Å². The van der Waals surface area contributed by atoms with Gasteiger partial charge >= 0.3 is 0 Å². The predicted molar refractivity (Wildman–Crippen MR) is 69.4 cm³/mol. The van der Waals surface area contributed by atoms with Gasteiger partial charge in [-0.2, -0.15) is 0 Å². The Hall–Kier alpha value is -1.91. The number of nitrogens with zero attached hydrogens (tertiary/aromatic N) is 3. The van der Waals surface area contributed by atoms with Gasteiger partial charge in [-0.25, -0.2) is 4.98 Å². The van der Waals surface area contributed by atoms with E-state index in [4.69, 9.17) is 11.6 Å². The van der Waals surface area contributed by atoms with Crippen LogP contribution in [0.1, 0.15) is 5.69 Å². The maximum Gasteiger partial charge on any atom is 0.137 e. The first kappa shape index (κ1) is 11.2. The Balaban J connectivity index is 2.30. The van der Waals surface area contributed by atoms with Gasteiger partial charge in [-0.15, -0.1) is 0 Å². The summed E-state index contributed by atoms with van der Waals surface area (Å²) in [6.45, 7) is -0.0981. The van der Waals surface area contributed by atoms with E-state index >= 15 is 0 Å². The van der Waals surface area contributed by atoms with Crippen LogP contribution in [0.25, 0.3) is 16.9 Å². The van der Waals surface area contributed by atoms with E-state index in [-0.39, 0.29) is 6.61 Å². The molecule has 4 nitrogen and oxygen atoms in total. The number of hydrogen-bond donors (Lipinski definition) is 1. The molecule has 0 radical (unpaired) electrons. The molecule has 0 unspecified atom stereocenters. The number of fused-ring (bicyclic) bond motifs is 1. The van der Waals surface area contributed by atoms with Crippen molar-refractivity contribution >= 4 is 17.2 Å². The normalized spacial score (nSPS) is 11.0. The second-order valence-electron chi connectivity index (χ2n) is 3.88. The first-order valence-corrected chi connectivity index (χ1v) is 5.85. The highest BCUT2D eigenvalue weighted by molar-refractivity contribution is 6.30. The first-order valence-electron chi connectivity index (χ1n) is 5.47. The Bertz CT molecular complexity index is 694. The molecule has 3 rings (SSSR count). The highest BCUT2D eigenvalue weighted by atomic mass is 35.5. The van der Waals surface area contributed by atoms with Gasteiger partial charge < -0.3 is 5.11 Å². The maximum absolute atomic E-state index is 9.54. The van der Waals surface area contributed by atoms with E-state index in [0.29, 0.717) is 5.02 Å². The lowest BCUT2D eigenvalue weighted by atomic mass is 10.1. The summed E-state index contributed by atoms with van der Waals surface area (Å²) in [7, 11) is 0. The maximum atomic E-state index is 9.54. The fourth-order valence-electron chi connectivity index (χ4n) is 1.96. The molecule has 1 N–H and O–H groups in total. The van der Waals surface area contributed by atoms with Crippen molar-refractivity contribution in [2.45, 2.75) is 6.61 Å². The Labute approximate surface area is 109 Å². The molecule has 0 aromatic carbocycles. The lowest BCUT2D eigenvalue weighted by molar-refractivity contribution is 0.276. The summed E-state index contributed by atoms with van der Waals surface area (Å²) in [5.74, 6) is 0. The van der Waals surface area contributed by atoms with Crippen LogP contribution >= 0.6 is 11.6 Å². The Kier molecular flexibility index (Phi) is 2.74. The van der Waals surface area contributed by atoms with Crippen molar-refractivity contribution in [2.24, 2.45) is 0 Å². The van der Waals surface area contributed by atoms with E-state index in [1.165, 1.54) is 0 Å². The number of pyridine rings is 2. The molecule has 90 valence electrons. The molecule has 0 amide bonds. The number of imidazole rings is 1. The van der Waals surface area contributed by atoms with Gasteiger partial charge in [-0.05, 0) is 24.3 Å². The molecule has 0 spiro atoms. The third kappa shape index (κ3) is 1.75. The van der Waals surface area contributed by atoms with Crippen molar-refractivity contribution in [2.75, 3.05) is 0 Å². The molecule has 0 aliphatic rings. The lowest BCUT2D eigenvalue weighted by Gasteiger charge is -2.01. The number of aromatic nitrogens is 3. The number of aliphatic hydroxyl groups is 1. The minimum atomic E-state index is -0.0981. The smallest absolute Gasteiger partial charge is 0.137 e. The molecule has 0 atom stereocenters. The summed E-state index contributed by atoms with van der Waals surface area (Å²) in [6, 6.07) is 7.33. The van der Waals surface area contributed by atoms with Gasteiger partial charge in [-0.1, -0.05) is 11.6 Å². The number of rotatable bonds is 2. The Morgan fingerprint density at radius 3 is 2.67 bits per heavy atom. The van der Waals surface area contributed by atoms with Crippen molar-refractivity contribution in [3.05, 3.63) is 53.6 Å². The van der Waals surface area contributed by atoms with E-state index in [0.717, 1.165) is 22.6 Å². The molecule has 3 heterocycles. The zero-order chi connectivity index (χ0) is 12.5. The first-order chi connectivity index (χ1) is 8.79. The van der Waals surface area contributed by atoms with E-state index in [9.17, 15) is 5.11 Å². The molecular formula is C13H10ClN3O. The average Bonchev–Trinajstić information content (AvgIpc) is 2.77. The quantitative estimate of drug-likeness (QED) is 0.769. The highest BCUT2D eigenvalue weighted by Crippen LogP contribution is 2.25. The summed E-state index contributed by atoms with van der Waals surface area (Å²) in [4.78, 5) is 8.49. The highest BCUT2D eigenvalue weighted by Gasteiger charge is 2.13. The molecule has 5 heteroatoms. The van der Waals surface area contributed by atoms with Gasteiger partial charge in [0.25, 0.3) is 0 Å². The van der Waals surface area contributed by atoms with Crippen LogP contribution in [0.15, 0.2) is 42.9 Å². The zero-order valence-corrected chi connectivity index (χ0v) is 10.2. The van der Waals surface area contributed by atoms with Gasteiger partial charge in [0.15, 0.2) is 0 Å². The fourth-order valence-corrected chi connectivity index (χ4v) is 2.12. The van der Waals surface area contributed by atoms with Crippen molar-refractivity contribution in [1.82, 2.24) is 14.4 Å². The standard InChI is InChI=1S/C13H10ClN3O/c14-10-1-2-12-16-13(9-3-5-15-6-4-9)11(8-18)17(12)7-10/h1-7,18H,8H2. The molecular weight excluding hydrogens is 250 g/mol. The molecule has 0 aliphatic carbocycles. The van der Waals surface area contributed by atoms with Crippen LogP contribution < -0.4 is 0 Å². The van der Waals surface area contributed by atoms with Crippen LogP contribution in [0.4, 0.5) is 0 Å². The van der Waals surface area contributed by atoms with E-state index in [2.05, 4.69) is 9.97 Å². The Morgan fingerprint density at radius 1 is 1.17 bits per heavy atom. The van der Waals surface area contributed by atoms with Gasteiger partial charge in [0.05, 0.1) is 23.0 Å². The third-order valence-corrected chi connectivity index (χ3v) is 3.01. The van der Waals surface area contributed by atoms with Gasteiger partial charge in [-0.3, -0.25) is 9.38 Å². The third-order valence-electron chi connectivity index (χ3n) is 2.78. The van der Waals surface area contributed by atoms with E-state index in [1.807, 2.05) is 18.2 Å². The molecule has 18 heavy (non-hydrogen) atoms. The van der Waals surface area contributed by atoms with Crippen LogP contribution in [-0.4, -0.2) is 19.5 Å². The minimum absolute atomic E-state index is 0.0981. The second kappa shape index (κ2) is 4.40. The summed E-state index contributed by atoms with van der Waals surface area (Å²) in [5.41, 5.74) is 3.16. The molecule has 0 aliphatic heterocycles. The van der Waals surface area contributed by atoms with Crippen molar-refractivity contribution in [1.29, 1.82) is 0 Å². The molecule has 0 saturated carbocycles. The summed E-state index contributed by atoms with van der Waals surface area (Å²) >= 11 is 5.96. The minimum Gasteiger partial charge on any atom is -0.390 e. The van der Waals surface area contributed by atoms with Crippen LogP contribution in [0.5, 0.6) is 0 Å². The van der Waals surface area contributed by atoms with Gasteiger partial charge in [0.2, 0.25) is 0 Å². The summed E-state index contributed by atoms with van der Waals surface area (Å²) in [5, 5.41) is 10.1. The molecule has 3 aromatic rings. The molecule has 0 bridgehead atoms. The van der Waals surface area contributed by atoms with Crippen molar-refractivity contribution in [3.8, 4) is 11.3 Å². The Morgan fingerprint density at radius 2 is 1.94 bits per heavy atom. The van der Waals surface area contributed by atoms with Crippen LogP contribution in [-0.2, 0) is 6.61 Å². The average molecular weight is 260 g/mol. The van der Waals surface area contributed by atoms with Gasteiger partial charge in [0.1, 0.15) is 5.65 Å². The van der Waals surface area contributed by atoms with Crippen LogP contribution in [0.3, 0.4) is 0 Å². The molecule has 0 fully saturated rings. The largest absolute Gasteiger partial charge is 0.390 e. The number of hydrogen-bond acceptors (Lipinski definition) is 3. The van der Waals surface area contributed by atoms with Crippen LogP contribution in [0.2, 0.25) is 5.02 Å². The second-order valence-corrected chi connectivity index (χ2v) is 4.31. The zero-order valence-electron chi connectivity index (χ0n) is 9.42. The van der Waals surface area contributed by atoms with Crippen LogP contribution in [0, 0.1) is 0 Å². The van der Waals surface area contributed by atoms with Gasteiger partial charge in [0, 0.05) is 24.2 Å². The predicted octanol–water partition coefficient (Wildman–Crippen LogP) is 2.54. The van der Waals surface area contributed by atoms with Crippen molar-refractivity contribution < 1.29 is 5.11 Å². The topological polar surface area (TPSA) is 50.4 Å². The molecule has 3 aromatic heterocycles. The monoisotopic (exact) mass is 259 g/mol. The fraction of sp³-hybridized carbons (Fsp3) is 0.0769. The number of halogens is 1.